The predicted octanol–water partition coefficient (Wildman–Crippen LogP) is 4.06. The van der Waals surface area contributed by atoms with E-state index in [-0.39, 0.29) is 15.3 Å². The van der Waals surface area contributed by atoms with Crippen LogP contribution in [0.1, 0.15) is 36.0 Å². The van der Waals surface area contributed by atoms with Crippen LogP contribution < -0.4 is 10.0 Å². The van der Waals surface area contributed by atoms with Crippen LogP contribution >= 0.6 is 11.3 Å². The third kappa shape index (κ3) is 4.42. The van der Waals surface area contributed by atoms with Crippen LogP contribution in [0.25, 0.3) is 0 Å². The molecule has 0 saturated heterocycles. The first-order chi connectivity index (χ1) is 13.1. The van der Waals surface area contributed by atoms with Crippen LogP contribution in [0.4, 0.5) is 11.4 Å². The van der Waals surface area contributed by atoms with E-state index in [4.69, 9.17) is 0 Å². The molecule has 0 aliphatic carbocycles. The standard InChI is InChI=1S/C19H22N4O3S2/c1-13-5-7-14(8-6-13)22-28(25,26)16-9-10-27-17(16)18(24)21-15-11-20-23(12-15)19(2,3)4/h5-12,22H,1-4H3,(H,21,24). The van der Waals surface area contributed by atoms with E-state index in [2.05, 4.69) is 15.1 Å². The molecule has 2 heterocycles. The molecule has 0 unspecified atom stereocenters. The van der Waals surface area contributed by atoms with Gasteiger partial charge in [-0.05, 0) is 51.3 Å². The number of nitrogens with zero attached hydrogens (tertiary/aromatic N) is 2. The zero-order valence-corrected chi connectivity index (χ0v) is 17.7. The number of amides is 1. The number of anilines is 2. The summed E-state index contributed by atoms with van der Waals surface area (Å²) in [6, 6.07) is 8.41. The van der Waals surface area contributed by atoms with Crippen molar-refractivity contribution in [3.8, 4) is 0 Å². The summed E-state index contributed by atoms with van der Waals surface area (Å²) in [5.41, 5.74) is 1.74. The van der Waals surface area contributed by atoms with Gasteiger partial charge in [0.15, 0.2) is 0 Å². The van der Waals surface area contributed by atoms with E-state index < -0.39 is 15.9 Å². The number of hydrogen-bond acceptors (Lipinski definition) is 5. The Morgan fingerprint density at radius 2 is 1.79 bits per heavy atom. The molecule has 1 amide bonds. The van der Waals surface area contributed by atoms with Crippen LogP contribution in [-0.4, -0.2) is 24.1 Å². The molecule has 0 saturated carbocycles. The van der Waals surface area contributed by atoms with Crippen LogP contribution in [0.3, 0.4) is 0 Å². The van der Waals surface area contributed by atoms with Crippen molar-refractivity contribution in [2.24, 2.45) is 0 Å². The van der Waals surface area contributed by atoms with E-state index in [1.165, 1.54) is 12.3 Å². The van der Waals surface area contributed by atoms with Gasteiger partial charge in [0.1, 0.15) is 9.77 Å². The summed E-state index contributed by atoms with van der Waals surface area (Å²) in [6.07, 6.45) is 3.25. The molecular weight excluding hydrogens is 396 g/mol. The molecule has 0 bridgehead atoms. The minimum atomic E-state index is -3.89. The maximum atomic E-state index is 12.8. The highest BCUT2D eigenvalue weighted by molar-refractivity contribution is 7.93. The molecule has 7 nitrogen and oxygen atoms in total. The second-order valence-electron chi connectivity index (χ2n) is 7.38. The molecular formula is C19H22N4O3S2. The van der Waals surface area contributed by atoms with Crippen molar-refractivity contribution in [3.05, 3.63) is 58.5 Å². The molecule has 148 valence electrons. The molecule has 0 radical (unpaired) electrons. The van der Waals surface area contributed by atoms with Gasteiger partial charge in [-0.2, -0.15) is 5.10 Å². The molecule has 0 aliphatic rings. The summed E-state index contributed by atoms with van der Waals surface area (Å²) >= 11 is 1.07. The highest BCUT2D eigenvalue weighted by atomic mass is 32.2. The van der Waals surface area contributed by atoms with E-state index in [0.717, 1.165) is 16.9 Å². The number of aryl methyl sites for hydroxylation is 1. The molecule has 28 heavy (non-hydrogen) atoms. The summed E-state index contributed by atoms with van der Waals surface area (Å²) in [5, 5.41) is 8.53. The van der Waals surface area contributed by atoms with Gasteiger partial charge in [-0.1, -0.05) is 17.7 Å². The molecule has 0 spiro atoms. The van der Waals surface area contributed by atoms with E-state index in [9.17, 15) is 13.2 Å². The quantitative estimate of drug-likeness (QED) is 0.653. The topological polar surface area (TPSA) is 93.1 Å². The fourth-order valence-electron chi connectivity index (χ4n) is 2.45. The van der Waals surface area contributed by atoms with Gasteiger partial charge in [0.25, 0.3) is 15.9 Å². The lowest BCUT2D eigenvalue weighted by Gasteiger charge is -2.18. The minimum absolute atomic E-state index is 0.0567. The van der Waals surface area contributed by atoms with Crippen molar-refractivity contribution in [2.45, 2.75) is 38.1 Å². The maximum Gasteiger partial charge on any atom is 0.267 e. The summed E-state index contributed by atoms with van der Waals surface area (Å²) in [5.74, 6) is -0.493. The van der Waals surface area contributed by atoms with Gasteiger partial charge in [-0.25, -0.2) is 8.42 Å². The van der Waals surface area contributed by atoms with Gasteiger partial charge >= 0.3 is 0 Å². The van der Waals surface area contributed by atoms with E-state index >= 15 is 0 Å². The third-order valence-corrected chi connectivity index (χ3v) is 6.42. The zero-order chi connectivity index (χ0) is 20.5. The molecule has 3 rings (SSSR count). The number of hydrogen-bond donors (Lipinski definition) is 2. The SMILES string of the molecule is Cc1ccc(NS(=O)(=O)c2ccsc2C(=O)Nc2cnn(C(C)(C)C)c2)cc1. The first-order valence-corrected chi connectivity index (χ1v) is 11.0. The van der Waals surface area contributed by atoms with Crippen molar-refractivity contribution in [2.75, 3.05) is 10.0 Å². The first kappa shape index (κ1) is 20.1. The zero-order valence-electron chi connectivity index (χ0n) is 16.1. The summed E-state index contributed by atoms with van der Waals surface area (Å²) in [6.45, 7) is 7.90. The van der Waals surface area contributed by atoms with Crippen molar-refractivity contribution >= 4 is 38.6 Å². The second-order valence-corrected chi connectivity index (χ2v) is 9.95. The Morgan fingerprint density at radius 1 is 1.11 bits per heavy atom. The lowest BCUT2D eigenvalue weighted by molar-refractivity contribution is 0.102. The average Bonchev–Trinajstić information content (AvgIpc) is 3.25. The molecule has 0 atom stereocenters. The Balaban J connectivity index is 1.81. The Morgan fingerprint density at radius 3 is 2.39 bits per heavy atom. The van der Waals surface area contributed by atoms with Crippen molar-refractivity contribution < 1.29 is 13.2 Å². The third-order valence-electron chi connectivity index (χ3n) is 3.96. The van der Waals surface area contributed by atoms with Crippen molar-refractivity contribution in [1.29, 1.82) is 0 Å². The number of carbonyl (C=O) groups is 1. The van der Waals surface area contributed by atoms with Crippen LogP contribution in [0.5, 0.6) is 0 Å². The van der Waals surface area contributed by atoms with Crippen molar-refractivity contribution in [3.63, 3.8) is 0 Å². The van der Waals surface area contributed by atoms with Gasteiger partial charge in [0.05, 0.1) is 17.4 Å². The fourth-order valence-corrected chi connectivity index (χ4v) is 4.83. The molecule has 1 aromatic carbocycles. The molecule has 0 fully saturated rings. The van der Waals surface area contributed by atoms with Crippen LogP contribution in [0.2, 0.25) is 0 Å². The minimum Gasteiger partial charge on any atom is -0.319 e. The van der Waals surface area contributed by atoms with Gasteiger partial charge in [0, 0.05) is 11.9 Å². The van der Waals surface area contributed by atoms with Crippen LogP contribution in [-0.2, 0) is 15.6 Å². The molecule has 2 aromatic heterocycles. The highest BCUT2D eigenvalue weighted by Gasteiger charge is 2.25. The monoisotopic (exact) mass is 418 g/mol. The molecule has 3 aromatic rings. The summed E-state index contributed by atoms with van der Waals surface area (Å²) < 4.78 is 29.8. The van der Waals surface area contributed by atoms with Gasteiger partial charge in [-0.15, -0.1) is 11.3 Å². The van der Waals surface area contributed by atoms with Crippen LogP contribution in [0, 0.1) is 6.92 Å². The van der Waals surface area contributed by atoms with Crippen LogP contribution in [0.15, 0.2) is 53.0 Å². The molecule has 0 aliphatic heterocycles. The molecule has 2 N–H and O–H groups in total. The normalized spacial score (nSPS) is 12.0. The fraction of sp³-hybridized carbons (Fsp3) is 0.263. The number of thiophene rings is 1. The number of carbonyl (C=O) groups excluding carboxylic acids is 1. The molecule has 9 heteroatoms. The maximum absolute atomic E-state index is 12.8. The number of sulfonamides is 1. The number of benzene rings is 1. The first-order valence-electron chi connectivity index (χ1n) is 8.60. The highest BCUT2D eigenvalue weighted by Crippen LogP contribution is 2.26. The van der Waals surface area contributed by atoms with Gasteiger partial charge in [-0.3, -0.25) is 14.2 Å². The number of nitrogens with one attached hydrogen (secondary N) is 2. The van der Waals surface area contributed by atoms with E-state index in [1.54, 1.807) is 28.4 Å². The predicted molar refractivity (Wildman–Crippen MR) is 111 cm³/mol. The second kappa shape index (κ2) is 7.40. The number of aromatic nitrogens is 2. The lowest BCUT2D eigenvalue weighted by Crippen LogP contribution is -2.22. The Hall–Kier alpha value is -2.65. The Kier molecular flexibility index (Phi) is 5.31. The average molecular weight is 419 g/mol. The van der Waals surface area contributed by atoms with Crippen molar-refractivity contribution in [1.82, 2.24) is 9.78 Å². The van der Waals surface area contributed by atoms with Gasteiger partial charge < -0.3 is 5.32 Å². The summed E-state index contributed by atoms with van der Waals surface area (Å²) in [4.78, 5) is 12.7. The summed E-state index contributed by atoms with van der Waals surface area (Å²) in [7, 11) is -3.89. The smallest absolute Gasteiger partial charge is 0.267 e. The Bertz CT molecular complexity index is 1090. The Labute approximate surface area is 168 Å². The largest absolute Gasteiger partial charge is 0.319 e. The number of rotatable bonds is 5. The van der Waals surface area contributed by atoms with E-state index in [1.807, 2.05) is 39.8 Å². The lowest BCUT2D eigenvalue weighted by atomic mass is 10.1. The van der Waals surface area contributed by atoms with Gasteiger partial charge in [0.2, 0.25) is 0 Å². The van der Waals surface area contributed by atoms with E-state index in [0.29, 0.717) is 11.4 Å².